The molecule has 1 heterocycles. The van der Waals surface area contributed by atoms with Crippen LogP contribution in [0, 0.1) is 16.2 Å². The summed E-state index contributed by atoms with van der Waals surface area (Å²) in [5.41, 5.74) is -2.30. The molecule has 140 valence electrons. The smallest absolute Gasteiger partial charge is 0.303 e. The summed E-state index contributed by atoms with van der Waals surface area (Å²) in [4.78, 5) is 25.7. The van der Waals surface area contributed by atoms with Crippen LogP contribution in [-0.4, -0.2) is 18.2 Å². The highest BCUT2D eigenvalue weighted by Gasteiger charge is 2.26. The molecule has 0 amide bonds. The van der Waals surface area contributed by atoms with Crippen LogP contribution < -0.4 is 10.4 Å². The molecular formula is C18H12N4O5S. The van der Waals surface area contributed by atoms with Gasteiger partial charge in [-0.1, -0.05) is 48.5 Å². The van der Waals surface area contributed by atoms with Gasteiger partial charge in [0.1, 0.15) is 11.6 Å². The minimum Gasteiger partial charge on any atom is -0.492 e. The third kappa shape index (κ3) is 3.22. The molecule has 1 aromatic heterocycles. The van der Waals surface area contributed by atoms with E-state index in [2.05, 4.69) is 5.18 Å². The van der Waals surface area contributed by atoms with Gasteiger partial charge in [0.15, 0.2) is 5.69 Å². The molecular weight excluding hydrogens is 384 g/mol. The zero-order chi connectivity index (χ0) is 20.3. The molecule has 2 N–H and O–H groups in total. The van der Waals surface area contributed by atoms with E-state index in [1.165, 1.54) is 36.4 Å². The Hall–Kier alpha value is -3.97. The molecule has 0 saturated heterocycles. The van der Waals surface area contributed by atoms with Gasteiger partial charge in [-0.25, -0.2) is 4.83 Å². The number of sulfonamides is 1. The highest BCUT2D eigenvalue weighted by Crippen LogP contribution is 2.35. The Morgan fingerprint density at radius 2 is 1.61 bits per heavy atom. The minimum absolute atomic E-state index is 0.184. The van der Waals surface area contributed by atoms with Gasteiger partial charge in [-0.2, -0.15) is 18.4 Å². The number of hydrogen-bond acceptors (Lipinski definition) is 7. The second-order valence-corrected chi connectivity index (χ2v) is 7.20. The van der Waals surface area contributed by atoms with E-state index in [0.717, 1.165) is 0 Å². The fourth-order valence-corrected chi connectivity index (χ4v) is 3.62. The Morgan fingerprint density at radius 1 is 1.04 bits per heavy atom. The lowest BCUT2D eigenvalue weighted by molar-refractivity contribution is 0.427. The van der Waals surface area contributed by atoms with Crippen LogP contribution in [0.4, 0.5) is 5.69 Å². The Labute approximate surface area is 159 Å². The molecule has 0 unspecified atom stereocenters. The standard InChI is InChI=1S/C18H12N4O5S/c19-11-14-15(12-7-3-1-4-8-12)16(20-25)18(24)22(17(14)23)21-28(26,27)13-9-5-2-6-10-13/h1-10,21,23H. The molecule has 0 atom stereocenters. The lowest BCUT2D eigenvalue weighted by Crippen LogP contribution is -2.33. The van der Waals surface area contributed by atoms with E-state index in [1.807, 2.05) is 4.83 Å². The summed E-state index contributed by atoms with van der Waals surface area (Å²) in [5, 5.41) is 22.6. The number of pyridine rings is 1. The molecule has 0 aliphatic heterocycles. The molecule has 10 heteroatoms. The Bertz CT molecular complexity index is 1250. The van der Waals surface area contributed by atoms with Crippen molar-refractivity contribution >= 4 is 15.7 Å². The number of nitrogens with one attached hydrogen (secondary N) is 1. The quantitative estimate of drug-likeness (QED) is 0.634. The van der Waals surface area contributed by atoms with Gasteiger partial charge in [0.25, 0.3) is 10.0 Å². The summed E-state index contributed by atoms with van der Waals surface area (Å²) in [6.07, 6.45) is 0. The van der Waals surface area contributed by atoms with E-state index >= 15 is 0 Å². The molecule has 0 bridgehead atoms. The van der Waals surface area contributed by atoms with Gasteiger partial charge < -0.3 is 5.11 Å². The summed E-state index contributed by atoms with van der Waals surface area (Å²) in [7, 11) is -4.29. The Kier molecular flexibility index (Phi) is 4.93. The third-order valence-electron chi connectivity index (χ3n) is 3.86. The summed E-state index contributed by atoms with van der Waals surface area (Å²) in [5.74, 6) is -0.960. The van der Waals surface area contributed by atoms with E-state index < -0.39 is 32.7 Å². The van der Waals surface area contributed by atoms with Crippen molar-refractivity contribution < 1.29 is 13.5 Å². The monoisotopic (exact) mass is 396 g/mol. The molecule has 0 saturated carbocycles. The van der Waals surface area contributed by atoms with Gasteiger partial charge >= 0.3 is 5.56 Å². The molecule has 28 heavy (non-hydrogen) atoms. The molecule has 0 fully saturated rings. The molecule has 9 nitrogen and oxygen atoms in total. The fraction of sp³-hybridized carbons (Fsp3) is 0. The molecule has 3 aromatic rings. The van der Waals surface area contributed by atoms with Crippen LogP contribution in [0.25, 0.3) is 11.1 Å². The zero-order valence-corrected chi connectivity index (χ0v) is 14.9. The normalized spacial score (nSPS) is 10.8. The highest BCUT2D eigenvalue weighted by atomic mass is 32.2. The average Bonchev–Trinajstić information content (AvgIpc) is 2.72. The van der Waals surface area contributed by atoms with E-state index in [4.69, 9.17) is 0 Å². The van der Waals surface area contributed by atoms with Crippen LogP contribution in [0.1, 0.15) is 5.56 Å². The zero-order valence-electron chi connectivity index (χ0n) is 14.1. The van der Waals surface area contributed by atoms with Crippen LogP contribution in [0.5, 0.6) is 5.88 Å². The highest BCUT2D eigenvalue weighted by molar-refractivity contribution is 7.92. The van der Waals surface area contributed by atoms with E-state index in [1.54, 1.807) is 30.3 Å². The summed E-state index contributed by atoms with van der Waals surface area (Å²) in [6, 6.07) is 16.7. The summed E-state index contributed by atoms with van der Waals surface area (Å²) < 4.78 is 25.2. The molecule has 0 spiro atoms. The second-order valence-electron chi connectivity index (χ2n) is 5.54. The molecule has 3 rings (SSSR count). The predicted molar refractivity (Wildman–Crippen MR) is 101 cm³/mol. The van der Waals surface area contributed by atoms with Crippen molar-refractivity contribution in [1.29, 1.82) is 5.26 Å². The van der Waals surface area contributed by atoms with Crippen molar-refractivity contribution in [2.24, 2.45) is 5.18 Å². The fourth-order valence-electron chi connectivity index (χ4n) is 2.58. The maximum atomic E-state index is 12.7. The number of nitriles is 1. The molecule has 2 aromatic carbocycles. The number of rotatable bonds is 5. The first kappa shape index (κ1) is 18.8. The summed E-state index contributed by atoms with van der Waals surface area (Å²) >= 11 is 0. The van der Waals surface area contributed by atoms with E-state index in [9.17, 15) is 28.5 Å². The van der Waals surface area contributed by atoms with Crippen LogP contribution in [0.15, 0.2) is 75.5 Å². The van der Waals surface area contributed by atoms with Crippen molar-refractivity contribution in [2.75, 3.05) is 4.83 Å². The topological polar surface area (TPSA) is 142 Å². The number of hydrogen-bond donors (Lipinski definition) is 2. The van der Waals surface area contributed by atoms with Gasteiger partial charge in [0, 0.05) is 5.56 Å². The van der Waals surface area contributed by atoms with Gasteiger partial charge in [-0.3, -0.25) is 4.79 Å². The Balaban J connectivity index is 2.27. The number of nitroso groups, excluding NO2 is 1. The van der Waals surface area contributed by atoms with Gasteiger partial charge in [0.05, 0.1) is 4.90 Å². The number of nitrogens with zero attached hydrogens (tertiary/aromatic N) is 3. The first-order chi connectivity index (χ1) is 13.4. The first-order valence-corrected chi connectivity index (χ1v) is 9.27. The van der Waals surface area contributed by atoms with E-state index in [0.29, 0.717) is 5.56 Å². The van der Waals surface area contributed by atoms with Crippen molar-refractivity contribution in [2.45, 2.75) is 4.90 Å². The predicted octanol–water partition coefficient (Wildman–Crippen LogP) is 2.42. The van der Waals surface area contributed by atoms with Gasteiger partial charge in [-0.05, 0) is 22.9 Å². The van der Waals surface area contributed by atoms with Crippen molar-refractivity contribution in [1.82, 2.24) is 4.68 Å². The van der Waals surface area contributed by atoms with Crippen LogP contribution in [0.3, 0.4) is 0 Å². The van der Waals surface area contributed by atoms with Gasteiger partial charge in [0.2, 0.25) is 5.88 Å². The minimum atomic E-state index is -4.29. The largest absolute Gasteiger partial charge is 0.492 e. The van der Waals surface area contributed by atoms with Crippen molar-refractivity contribution in [3.8, 4) is 23.1 Å². The maximum absolute atomic E-state index is 12.7. The van der Waals surface area contributed by atoms with E-state index in [-0.39, 0.29) is 15.1 Å². The SMILES string of the molecule is N#Cc1c(-c2ccccc2)c(N=O)c(=O)n(NS(=O)(=O)c2ccccc2)c1O. The van der Waals surface area contributed by atoms with Gasteiger partial charge in [-0.15, -0.1) is 4.91 Å². The first-order valence-electron chi connectivity index (χ1n) is 7.79. The number of aromatic hydroxyl groups is 1. The van der Waals surface area contributed by atoms with Crippen molar-refractivity contribution in [3.63, 3.8) is 0 Å². The third-order valence-corrected chi connectivity index (χ3v) is 5.17. The molecule has 0 aliphatic carbocycles. The number of aromatic nitrogens is 1. The lowest BCUT2D eigenvalue weighted by atomic mass is 10.00. The van der Waals surface area contributed by atoms with Crippen LogP contribution >= 0.6 is 0 Å². The Morgan fingerprint density at radius 3 is 2.14 bits per heavy atom. The summed E-state index contributed by atoms with van der Waals surface area (Å²) in [6.45, 7) is 0. The molecule has 0 radical (unpaired) electrons. The maximum Gasteiger partial charge on any atom is 0.303 e. The average molecular weight is 396 g/mol. The second kappa shape index (κ2) is 7.34. The van der Waals surface area contributed by atoms with Crippen LogP contribution in [-0.2, 0) is 10.0 Å². The van der Waals surface area contributed by atoms with Crippen LogP contribution in [0.2, 0.25) is 0 Å². The van der Waals surface area contributed by atoms with Crippen molar-refractivity contribution in [3.05, 3.63) is 81.5 Å². The number of benzene rings is 2. The lowest BCUT2D eigenvalue weighted by Gasteiger charge is -2.16. The molecule has 0 aliphatic rings.